The van der Waals surface area contributed by atoms with Crippen molar-refractivity contribution in [3.63, 3.8) is 0 Å². The SMILES string of the molecule is C1=CC(c2ccc3nc(Cc4nnc(CCNOCc5ccccc5)o4)sc3c2)=CCC1. The predicted molar refractivity (Wildman–Crippen MR) is 126 cm³/mol. The molecule has 0 spiro atoms. The van der Waals surface area contributed by atoms with Crippen LogP contribution in [0.1, 0.15) is 40.8 Å². The first-order valence-electron chi connectivity index (χ1n) is 10.8. The maximum atomic E-state index is 5.80. The molecule has 7 heteroatoms. The van der Waals surface area contributed by atoms with E-state index in [1.807, 2.05) is 30.3 Å². The zero-order chi connectivity index (χ0) is 21.6. The van der Waals surface area contributed by atoms with E-state index >= 15 is 0 Å². The Morgan fingerprint density at radius 2 is 1.94 bits per heavy atom. The van der Waals surface area contributed by atoms with Crippen LogP contribution in [0, 0.1) is 0 Å². The van der Waals surface area contributed by atoms with E-state index < -0.39 is 0 Å². The second-order valence-corrected chi connectivity index (χ2v) is 8.73. The Morgan fingerprint density at radius 1 is 1.03 bits per heavy atom. The van der Waals surface area contributed by atoms with Crippen molar-refractivity contribution in [2.75, 3.05) is 6.54 Å². The van der Waals surface area contributed by atoms with E-state index in [9.17, 15) is 0 Å². The standard InChI is InChI=1S/C25H24N4O2S/c1-3-7-18(8-4-1)17-30-26-14-13-23-28-29-24(31-23)16-25-27-21-12-11-20(15-22(21)32-25)19-9-5-2-6-10-19/h1,3-5,7-12,15,26H,2,6,13-14,16-17H2. The van der Waals surface area contributed by atoms with Crippen molar-refractivity contribution in [1.29, 1.82) is 0 Å². The van der Waals surface area contributed by atoms with Gasteiger partial charge in [-0.05, 0) is 41.7 Å². The molecule has 0 aliphatic heterocycles. The van der Waals surface area contributed by atoms with E-state index in [0.29, 0.717) is 37.8 Å². The van der Waals surface area contributed by atoms with Crippen LogP contribution in [0.2, 0.25) is 0 Å². The summed E-state index contributed by atoms with van der Waals surface area (Å²) in [5, 5.41) is 9.31. The summed E-state index contributed by atoms with van der Waals surface area (Å²) in [4.78, 5) is 10.2. The first-order chi connectivity index (χ1) is 15.8. The summed E-state index contributed by atoms with van der Waals surface area (Å²) >= 11 is 1.68. The van der Waals surface area contributed by atoms with E-state index in [2.05, 4.69) is 52.1 Å². The van der Waals surface area contributed by atoms with E-state index in [0.717, 1.165) is 28.9 Å². The average molecular weight is 445 g/mol. The van der Waals surface area contributed by atoms with Crippen LogP contribution in [-0.4, -0.2) is 21.7 Å². The number of thiazole rings is 1. The Bertz CT molecular complexity index is 1240. The monoisotopic (exact) mass is 444 g/mol. The van der Waals surface area contributed by atoms with Crippen molar-refractivity contribution in [3.05, 3.63) is 94.7 Å². The zero-order valence-corrected chi connectivity index (χ0v) is 18.5. The number of hydrogen-bond acceptors (Lipinski definition) is 7. The summed E-state index contributed by atoms with van der Waals surface area (Å²) in [5.41, 5.74) is 7.60. The van der Waals surface area contributed by atoms with Gasteiger partial charge in [-0.1, -0.05) is 54.6 Å². The number of fused-ring (bicyclic) bond motifs is 1. The van der Waals surface area contributed by atoms with Gasteiger partial charge in [0.25, 0.3) is 0 Å². The van der Waals surface area contributed by atoms with Crippen LogP contribution in [0.3, 0.4) is 0 Å². The first-order valence-corrected chi connectivity index (χ1v) is 11.6. The maximum Gasteiger partial charge on any atom is 0.223 e. The van der Waals surface area contributed by atoms with Crippen molar-refractivity contribution in [1.82, 2.24) is 20.7 Å². The lowest BCUT2D eigenvalue weighted by Crippen LogP contribution is -2.17. The molecule has 0 saturated carbocycles. The summed E-state index contributed by atoms with van der Waals surface area (Å²) in [5.74, 6) is 1.18. The van der Waals surface area contributed by atoms with Gasteiger partial charge in [0.15, 0.2) is 0 Å². The summed E-state index contributed by atoms with van der Waals surface area (Å²) in [6, 6.07) is 16.5. The quantitative estimate of drug-likeness (QED) is 0.280. The van der Waals surface area contributed by atoms with Crippen LogP contribution in [0.4, 0.5) is 0 Å². The molecule has 4 aromatic rings. The lowest BCUT2D eigenvalue weighted by molar-refractivity contribution is 0.0279. The molecule has 32 heavy (non-hydrogen) atoms. The second-order valence-electron chi connectivity index (χ2n) is 7.61. The number of aromatic nitrogens is 3. The van der Waals surface area contributed by atoms with Gasteiger partial charge in [-0.3, -0.25) is 4.84 Å². The van der Waals surface area contributed by atoms with E-state index in [-0.39, 0.29) is 0 Å². The lowest BCUT2D eigenvalue weighted by atomic mass is 10.00. The fraction of sp³-hybridized carbons (Fsp3) is 0.240. The molecule has 0 unspecified atom stereocenters. The number of nitrogens with one attached hydrogen (secondary N) is 1. The Kier molecular flexibility index (Phi) is 6.48. The molecule has 0 bridgehead atoms. The maximum absolute atomic E-state index is 5.80. The lowest BCUT2D eigenvalue weighted by Gasteiger charge is -2.06. The van der Waals surface area contributed by atoms with Gasteiger partial charge in [0.05, 0.1) is 23.2 Å². The molecule has 0 saturated heterocycles. The third kappa shape index (κ3) is 5.19. The van der Waals surface area contributed by atoms with Gasteiger partial charge in [-0.2, -0.15) is 0 Å². The number of benzene rings is 2. The highest BCUT2D eigenvalue weighted by atomic mass is 32.1. The van der Waals surface area contributed by atoms with Crippen molar-refractivity contribution in [3.8, 4) is 0 Å². The normalized spacial score (nSPS) is 13.6. The summed E-state index contributed by atoms with van der Waals surface area (Å²) in [7, 11) is 0. The zero-order valence-electron chi connectivity index (χ0n) is 17.7. The molecule has 0 radical (unpaired) electrons. The molecule has 2 aromatic heterocycles. The Morgan fingerprint density at radius 3 is 2.81 bits per heavy atom. The van der Waals surface area contributed by atoms with Gasteiger partial charge in [-0.25, -0.2) is 10.5 Å². The molecule has 0 atom stereocenters. The molecule has 1 aliphatic rings. The molecule has 2 heterocycles. The van der Waals surface area contributed by atoms with Gasteiger partial charge in [0, 0.05) is 13.0 Å². The Balaban J connectivity index is 1.14. The minimum Gasteiger partial charge on any atom is -0.425 e. The molecular formula is C25H24N4O2S. The largest absolute Gasteiger partial charge is 0.425 e. The molecule has 0 fully saturated rings. The second kappa shape index (κ2) is 9.99. The van der Waals surface area contributed by atoms with Crippen LogP contribution < -0.4 is 5.48 Å². The van der Waals surface area contributed by atoms with Gasteiger partial charge >= 0.3 is 0 Å². The summed E-state index contributed by atoms with van der Waals surface area (Å²) < 4.78 is 6.98. The third-order valence-electron chi connectivity index (χ3n) is 5.20. The topological polar surface area (TPSA) is 73.1 Å². The van der Waals surface area contributed by atoms with Gasteiger partial charge in [0.2, 0.25) is 11.8 Å². The van der Waals surface area contributed by atoms with E-state index in [1.165, 1.54) is 15.8 Å². The molecule has 5 rings (SSSR count). The van der Waals surface area contributed by atoms with Crippen LogP contribution in [0.15, 0.2) is 71.2 Å². The first kappa shape index (κ1) is 20.8. The number of hydroxylamine groups is 1. The molecule has 2 aromatic carbocycles. The molecular weight excluding hydrogens is 420 g/mol. The van der Waals surface area contributed by atoms with E-state index in [1.54, 1.807) is 11.3 Å². The fourth-order valence-electron chi connectivity index (χ4n) is 3.58. The van der Waals surface area contributed by atoms with Gasteiger partial charge in [0.1, 0.15) is 5.01 Å². The highest BCUT2D eigenvalue weighted by Gasteiger charge is 2.12. The Hall–Kier alpha value is -3.13. The molecule has 1 N–H and O–H groups in total. The van der Waals surface area contributed by atoms with E-state index in [4.69, 9.17) is 14.2 Å². The molecule has 0 amide bonds. The molecule has 162 valence electrons. The third-order valence-corrected chi connectivity index (χ3v) is 6.22. The predicted octanol–water partition coefficient (Wildman–Crippen LogP) is 5.27. The minimum absolute atomic E-state index is 0.517. The van der Waals surface area contributed by atoms with Crippen LogP contribution in [-0.2, 0) is 24.3 Å². The summed E-state index contributed by atoms with van der Waals surface area (Å²) in [6.45, 7) is 1.12. The van der Waals surface area contributed by atoms with Crippen molar-refractivity contribution < 1.29 is 9.25 Å². The van der Waals surface area contributed by atoms with Crippen LogP contribution in [0.5, 0.6) is 0 Å². The highest BCUT2D eigenvalue weighted by molar-refractivity contribution is 7.18. The van der Waals surface area contributed by atoms with Gasteiger partial charge in [-0.15, -0.1) is 21.5 Å². The smallest absolute Gasteiger partial charge is 0.223 e. The van der Waals surface area contributed by atoms with Gasteiger partial charge < -0.3 is 4.42 Å². The Labute approximate surface area is 190 Å². The number of allylic oxidation sites excluding steroid dienone is 4. The minimum atomic E-state index is 0.517. The highest BCUT2D eigenvalue weighted by Crippen LogP contribution is 2.29. The van der Waals surface area contributed by atoms with Crippen LogP contribution >= 0.6 is 11.3 Å². The average Bonchev–Trinajstić information content (AvgIpc) is 3.46. The van der Waals surface area contributed by atoms with Crippen molar-refractivity contribution in [2.24, 2.45) is 0 Å². The van der Waals surface area contributed by atoms with Crippen molar-refractivity contribution in [2.45, 2.75) is 32.3 Å². The fourth-order valence-corrected chi connectivity index (χ4v) is 4.58. The molecule has 6 nitrogen and oxygen atoms in total. The summed E-state index contributed by atoms with van der Waals surface area (Å²) in [6.07, 6.45) is 10.1. The number of hydrogen-bond donors (Lipinski definition) is 1. The number of rotatable bonds is 9. The van der Waals surface area contributed by atoms with Crippen molar-refractivity contribution >= 4 is 27.1 Å². The van der Waals surface area contributed by atoms with Crippen LogP contribution in [0.25, 0.3) is 15.8 Å². The molecule has 1 aliphatic carbocycles. The number of nitrogens with zero attached hydrogens (tertiary/aromatic N) is 3.